The van der Waals surface area contributed by atoms with E-state index in [1.807, 2.05) is 24.3 Å². The number of ether oxygens (including phenoxy) is 6. The molecule has 0 saturated carbocycles. The van der Waals surface area contributed by atoms with Crippen LogP contribution in [-0.2, 0) is 22.7 Å². The number of nitrogens with one attached hydrogen (secondary N) is 1. The highest BCUT2D eigenvalue weighted by molar-refractivity contribution is 5.55. The molecule has 0 aliphatic rings. The highest BCUT2D eigenvalue weighted by Crippen LogP contribution is 2.40. The van der Waals surface area contributed by atoms with Gasteiger partial charge in [-0.15, -0.1) is 0 Å². The molecule has 0 saturated heterocycles. The van der Waals surface area contributed by atoms with E-state index in [0.29, 0.717) is 60.5 Å². The van der Waals surface area contributed by atoms with Crippen LogP contribution in [0.2, 0.25) is 0 Å². The molecule has 0 fully saturated rings. The third-order valence-corrected chi connectivity index (χ3v) is 4.90. The molecular formula is C23H32N2O8. The van der Waals surface area contributed by atoms with E-state index in [-0.39, 0.29) is 6.61 Å². The van der Waals surface area contributed by atoms with Gasteiger partial charge in [-0.05, 0) is 35.4 Å². The van der Waals surface area contributed by atoms with Crippen molar-refractivity contribution in [2.45, 2.75) is 13.1 Å². The summed E-state index contributed by atoms with van der Waals surface area (Å²) in [6.45, 7) is 1.89. The number of hydrogen-bond acceptors (Lipinski definition) is 9. The lowest BCUT2D eigenvalue weighted by molar-refractivity contribution is -0.121. The lowest BCUT2D eigenvalue weighted by Crippen LogP contribution is -2.29. The number of benzene rings is 2. The van der Waals surface area contributed by atoms with Gasteiger partial charge in [0.05, 0.1) is 49.3 Å². The van der Waals surface area contributed by atoms with E-state index in [1.54, 1.807) is 42.7 Å². The molecule has 0 aromatic heterocycles. The molecule has 1 amide bonds. The Balaban J connectivity index is 2.35. The number of carbonyl (C=O) groups excluding carboxylic acids is 1. The lowest BCUT2D eigenvalue weighted by atomic mass is 10.1. The summed E-state index contributed by atoms with van der Waals surface area (Å²) in [5.41, 5.74) is 4.10. The van der Waals surface area contributed by atoms with Gasteiger partial charge in [-0.1, -0.05) is 0 Å². The molecule has 10 heteroatoms. The lowest BCUT2D eigenvalue weighted by Gasteiger charge is -2.24. The fraction of sp³-hybridized carbons (Fsp3) is 0.435. The zero-order valence-corrected chi connectivity index (χ0v) is 19.9. The van der Waals surface area contributed by atoms with Crippen LogP contribution in [0.25, 0.3) is 0 Å². The van der Waals surface area contributed by atoms with E-state index in [9.17, 15) is 4.79 Å². The minimum absolute atomic E-state index is 0.285. The maximum absolute atomic E-state index is 10.5. The number of carbonyl (C=O) groups is 1. The number of hydrogen-bond donors (Lipinski definition) is 1. The monoisotopic (exact) mass is 464 g/mol. The van der Waals surface area contributed by atoms with Crippen LogP contribution in [0, 0.1) is 0 Å². The molecule has 1 N–H and O–H groups in total. The summed E-state index contributed by atoms with van der Waals surface area (Å²) >= 11 is 0. The average molecular weight is 465 g/mol. The third kappa shape index (κ3) is 6.80. The molecule has 0 spiro atoms. The number of rotatable bonds is 15. The summed E-state index contributed by atoms with van der Waals surface area (Å²) in [6.07, 6.45) is 0.489. The summed E-state index contributed by atoms with van der Waals surface area (Å²) in [7, 11) is 9.44. The molecule has 182 valence electrons. The van der Waals surface area contributed by atoms with Crippen molar-refractivity contribution in [3.8, 4) is 34.5 Å². The Hall–Kier alpha value is -3.37. The average Bonchev–Trinajstić information content (AvgIpc) is 2.84. The minimum atomic E-state index is 0.285. The van der Waals surface area contributed by atoms with Crippen LogP contribution in [0.5, 0.6) is 34.5 Å². The summed E-state index contributed by atoms with van der Waals surface area (Å²) < 4.78 is 32.7. The predicted molar refractivity (Wildman–Crippen MR) is 121 cm³/mol. The van der Waals surface area contributed by atoms with E-state index >= 15 is 0 Å². The summed E-state index contributed by atoms with van der Waals surface area (Å²) in [5.74, 6) is 3.32. The molecular weight excluding hydrogens is 432 g/mol. The van der Waals surface area contributed by atoms with Crippen LogP contribution in [0.15, 0.2) is 24.3 Å². The zero-order chi connectivity index (χ0) is 24.2. The number of amides is 1. The first-order valence-electron chi connectivity index (χ1n) is 10.2. The largest absolute Gasteiger partial charge is 0.493 e. The topological polar surface area (TPSA) is 97.0 Å². The van der Waals surface area contributed by atoms with E-state index in [2.05, 4.69) is 10.4 Å². The second-order valence-electron chi connectivity index (χ2n) is 6.86. The Kier molecular flexibility index (Phi) is 10.4. The van der Waals surface area contributed by atoms with Crippen LogP contribution in [0.1, 0.15) is 11.1 Å². The van der Waals surface area contributed by atoms with Gasteiger partial charge in [0.15, 0.2) is 23.0 Å². The van der Waals surface area contributed by atoms with Crippen LogP contribution < -0.4 is 33.9 Å². The quantitative estimate of drug-likeness (QED) is 0.242. The second kappa shape index (κ2) is 13.2. The number of nitrogens with zero attached hydrogens (tertiary/aromatic N) is 1. The van der Waals surface area contributed by atoms with E-state index in [0.717, 1.165) is 11.1 Å². The van der Waals surface area contributed by atoms with Crippen molar-refractivity contribution in [1.29, 1.82) is 0 Å². The van der Waals surface area contributed by atoms with Gasteiger partial charge in [-0.3, -0.25) is 14.5 Å². The van der Waals surface area contributed by atoms with Crippen molar-refractivity contribution in [2.75, 3.05) is 55.8 Å². The third-order valence-electron chi connectivity index (χ3n) is 4.90. The fourth-order valence-corrected chi connectivity index (χ4v) is 3.45. The van der Waals surface area contributed by atoms with Gasteiger partial charge in [-0.25, -0.2) is 5.48 Å². The first kappa shape index (κ1) is 25.9. The van der Waals surface area contributed by atoms with Crippen molar-refractivity contribution < 1.29 is 38.1 Å². The smallest absolute Gasteiger partial charge is 0.230 e. The minimum Gasteiger partial charge on any atom is -0.493 e. The van der Waals surface area contributed by atoms with Crippen LogP contribution >= 0.6 is 0 Å². The zero-order valence-electron chi connectivity index (χ0n) is 19.9. The SMILES string of the molecule is COc1cc(CN(CCONC=O)Cc2cc(OC)c(OC)c(OC)c2)cc(OC)c1OC. The van der Waals surface area contributed by atoms with Crippen molar-refractivity contribution >= 4 is 6.41 Å². The Morgan fingerprint density at radius 2 is 1.09 bits per heavy atom. The first-order chi connectivity index (χ1) is 16.0. The van der Waals surface area contributed by atoms with Crippen molar-refractivity contribution in [2.24, 2.45) is 0 Å². The van der Waals surface area contributed by atoms with E-state index in [4.69, 9.17) is 33.3 Å². The Morgan fingerprint density at radius 3 is 1.39 bits per heavy atom. The molecule has 0 heterocycles. The van der Waals surface area contributed by atoms with Crippen molar-refractivity contribution in [3.63, 3.8) is 0 Å². The van der Waals surface area contributed by atoms with Gasteiger partial charge in [0.25, 0.3) is 0 Å². The highest BCUT2D eigenvalue weighted by Gasteiger charge is 2.18. The summed E-state index contributed by atoms with van der Waals surface area (Å²) in [6, 6.07) is 7.59. The van der Waals surface area contributed by atoms with Gasteiger partial charge >= 0.3 is 0 Å². The maximum atomic E-state index is 10.5. The Labute approximate surface area is 194 Å². The summed E-state index contributed by atoms with van der Waals surface area (Å²) in [5, 5.41) is 0. The molecule has 33 heavy (non-hydrogen) atoms. The number of methoxy groups -OCH3 is 6. The van der Waals surface area contributed by atoms with Gasteiger partial charge in [0, 0.05) is 19.6 Å². The first-order valence-corrected chi connectivity index (χ1v) is 10.2. The molecule has 2 aromatic rings. The molecule has 10 nitrogen and oxygen atoms in total. The van der Waals surface area contributed by atoms with Crippen molar-refractivity contribution in [3.05, 3.63) is 35.4 Å². The van der Waals surface area contributed by atoms with Crippen molar-refractivity contribution in [1.82, 2.24) is 10.4 Å². The Morgan fingerprint density at radius 1 is 0.697 bits per heavy atom. The predicted octanol–water partition coefficient (Wildman–Crippen LogP) is 2.42. The van der Waals surface area contributed by atoms with Gasteiger partial charge < -0.3 is 28.4 Å². The molecule has 0 radical (unpaired) electrons. The van der Waals surface area contributed by atoms with Crippen LogP contribution in [0.4, 0.5) is 0 Å². The fourth-order valence-electron chi connectivity index (χ4n) is 3.45. The maximum Gasteiger partial charge on any atom is 0.230 e. The normalized spacial score (nSPS) is 10.5. The molecule has 0 bridgehead atoms. The molecule has 0 unspecified atom stereocenters. The van der Waals surface area contributed by atoms with Gasteiger partial charge in [-0.2, -0.15) is 0 Å². The summed E-state index contributed by atoms with van der Waals surface area (Å²) in [4.78, 5) is 17.8. The number of hydroxylamine groups is 1. The van der Waals surface area contributed by atoms with E-state index < -0.39 is 0 Å². The highest BCUT2D eigenvalue weighted by atomic mass is 16.6. The molecule has 0 atom stereocenters. The molecule has 2 aromatic carbocycles. The molecule has 0 aliphatic carbocycles. The standard InChI is InChI=1S/C23H32N2O8/c1-27-18-9-16(10-19(28-2)22(18)31-5)13-25(7-8-33-24-15-26)14-17-11-20(29-3)23(32-6)21(12-17)30-4/h9-12,15H,7-8,13-14H2,1-6H3,(H,24,26). The van der Waals surface area contributed by atoms with Crippen LogP contribution in [-0.4, -0.2) is 67.1 Å². The molecule has 2 rings (SSSR count). The van der Waals surface area contributed by atoms with Gasteiger partial charge in [0.1, 0.15) is 0 Å². The Bertz CT molecular complexity index is 791. The van der Waals surface area contributed by atoms with Crippen LogP contribution in [0.3, 0.4) is 0 Å². The molecule has 0 aliphatic heterocycles. The van der Waals surface area contributed by atoms with Gasteiger partial charge in [0.2, 0.25) is 17.9 Å². The van der Waals surface area contributed by atoms with E-state index in [1.165, 1.54) is 0 Å². The second-order valence-corrected chi connectivity index (χ2v) is 6.86.